The predicted molar refractivity (Wildman–Crippen MR) is 95.9 cm³/mol. The summed E-state index contributed by atoms with van der Waals surface area (Å²) in [5.74, 6) is -3.90. The van der Waals surface area contributed by atoms with Crippen LogP contribution in [0.25, 0.3) is 0 Å². The molecule has 2 heterocycles. The molecule has 11 heteroatoms. The van der Waals surface area contributed by atoms with Crippen molar-refractivity contribution in [3.05, 3.63) is 47.8 Å². The molecule has 1 saturated heterocycles. The van der Waals surface area contributed by atoms with Gasteiger partial charge < -0.3 is 15.0 Å². The minimum atomic E-state index is -4.90. The van der Waals surface area contributed by atoms with E-state index in [-0.39, 0.29) is 12.1 Å². The molecule has 0 radical (unpaired) electrons. The highest BCUT2D eigenvalue weighted by Gasteiger charge is 2.30. The molecular formula is C17H18F2N4O4S. The number of aromatic nitrogens is 2. The number of morpholine rings is 1. The van der Waals surface area contributed by atoms with Crippen molar-refractivity contribution < 1.29 is 26.7 Å². The van der Waals surface area contributed by atoms with Gasteiger partial charge in [0.1, 0.15) is 0 Å². The third-order valence-corrected chi connectivity index (χ3v) is 5.54. The molecule has 1 aromatic heterocycles. The van der Waals surface area contributed by atoms with Crippen LogP contribution in [0, 0.1) is 0 Å². The van der Waals surface area contributed by atoms with E-state index in [9.17, 15) is 22.0 Å². The number of anilines is 1. The first-order chi connectivity index (χ1) is 13.4. The molecule has 3 rings (SSSR count). The second-order valence-electron chi connectivity index (χ2n) is 5.93. The summed E-state index contributed by atoms with van der Waals surface area (Å²) in [6, 6.07) is 6.46. The van der Waals surface area contributed by atoms with Gasteiger partial charge in [0.2, 0.25) is 15.8 Å². The number of carbonyl (C=O) groups excluding carboxylic acids is 1. The molecule has 0 bridgehead atoms. The van der Waals surface area contributed by atoms with Crippen molar-refractivity contribution in [3.63, 3.8) is 0 Å². The molecule has 1 N–H and O–H groups in total. The Labute approximate surface area is 160 Å². The van der Waals surface area contributed by atoms with Crippen molar-refractivity contribution in [2.24, 2.45) is 0 Å². The van der Waals surface area contributed by atoms with Gasteiger partial charge in [-0.3, -0.25) is 4.79 Å². The molecule has 28 heavy (non-hydrogen) atoms. The van der Waals surface area contributed by atoms with Crippen molar-refractivity contribution in [2.45, 2.75) is 17.2 Å². The van der Waals surface area contributed by atoms with E-state index in [1.165, 1.54) is 18.2 Å². The molecule has 1 aromatic carbocycles. The fourth-order valence-electron chi connectivity index (χ4n) is 2.66. The van der Waals surface area contributed by atoms with Gasteiger partial charge in [0.15, 0.2) is 0 Å². The summed E-state index contributed by atoms with van der Waals surface area (Å²) in [6.45, 7) is 2.42. The third-order valence-electron chi connectivity index (χ3n) is 4.10. The number of carbonyl (C=O) groups is 1. The molecule has 150 valence electrons. The first-order valence-electron chi connectivity index (χ1n) is 8.43. The van der Waals surface area contributed by atoms with E-state index >= 15 is 0 Å². The van der Waals surface area contributed by atoms with E-state index in [2.05, 4.69) is 15.3 Å². The largest absolute Gasteiger partial charge is 0.378 e. The van der Waals surface area contributed by atoms with Gasteiger partial charge in [-0.05, 0) is 18.2 Å². The van der Waals surface area contributed by atoms with Gasteiger partial charge >= 0.3 is 5.76 Å². The van der Waals surface area contributed by atoms with Gasteiger partial charge in [-0.25, -0.2) is 18.4 Å². The Morgan fingerprint density at radius 2 is 1.93 bits per heavy atom. The molecule has 1 amide bonds. The van der Waals surface area contributed by atoms with Gasteiger partial charge in [0, 0.05) is 19.3 Å². The van der Waals surface area contributed by atoms with Crippen LogP contribution in [0.5, 0.6) is 0 Å². The second kappa shape index (κ2) is 8.57. The number of alkyl halides is 2. The number of halogens is 2. The Morgan fingerprint density at radius 3 is 2.64 bits per heavy atom. The average molecular weight is 412 g/mol. The minimum absolute atomic E-state index is 0.0121. The normalized spacial score (nSPS) is 14.9. The van der Waals surface area contributed by atoms with Gasteiger partial charge in [-0.1, -0.05) is 12.1 Å². The monoisotopic (exact) mass is 412 g/mol. The lowest BCUT2D eigenvalue weighted by atomic mass is 10.2. The summed E-state index contributed by atoms with van der Waals surface area (Å²) in [5, 5.41) is 2.52. The highest BCUT2D eigenvalue weighted by molar-refractivity contribution is 7.91. The van der Waals surface area contributed by atoms with Crippen molar-refractivity contribution in [1.29, 1.82) is 0 Å². The van der Waals surface area contributed by atoms with Crippen LogP contribution in [-0.4, -0.2) is 56.4 Å². The number of rotatable bonds is 6. The first kappa shape index (κ1) is 20.1. The van der Waals surface area contributed by atoms with Crippen LogP contribution in [-0.2, 0) is 21.1 Å². The number of hydrogen-bond donors (Lipinski definition) is 1. The zero-order valence-corrected chi connectivity index (χ0v) is 15.5. The molecule has 0 spiro atoms. The molecule has 0 aliphatic carbocycles. The SMILES string of the molecule is O=C(NCc1ccnc(N2CCOCC2)n1)c1ccccc1S(=O)(=O)C(F)F. The van der Waals surface area contributed by atoms with Gasteiger partial charge in [0.25, 0.3) is 5.91 Å². The lowest BCUT2D eigenvalue weighted by molar-refractivity contribution is 0.0947. The number of hydrogen-bond acceptors (Lipinski definition) is 7. The van der Waals surface area contributed by atoms with Crippen LogP contribution in [0.4, 0.5) is 14.7 Å². The Balaban J connectivity index is 1.73. The van der Waals surface area contributed by atoms with Crippen molar-refractivity contribution >= 4 is 21.7 Å². The van der Waals surface area contributed by atoms with Gasteiger partial charge in [-0.2, -0.15) is 8.78 Å². The zero-order valence-electron chi connectivity index (χ0n) is 14.7. The van der Waals surface area contributed by atoms with Gasteiger partial charge in [0.05, 0.1) is 35.9 Å². The average Bonchev–Trinajstić information content (AvgIpc) is 2.72. The van der Waals surface area contributed by atoms with Crippen LogP contribution in [0.2, 0.25) is 0 Å². The smallest absolute Gasteiger partial charge is 0.341 e. The van der Waals surface area contributed by atoms with Crippen LogP contribution in [0.3, 0.4) is 0 Å². The Bertz CT molecular complexity index is 950. The quantitative estimate of drug-likeness (QED) is 0.762. The molecule has 0 unspecified atom stereocenters. The molecule has 0 saturated carbocycles. The van der Waals surface area contributed by atoms with E-state index in [4.69, 9.17) is 4.74 Å². The number of nitrogens with one attached hydrogen (secondary N) is 1. The maximum atomic E-state index is 12.9. The van der Waals surface area contributed by atoms with Crippen LogP contribution < -0.4 is 10.2 Å². The number of benzene rings is 1. The Hall–Kier alpha value is -2.66. The number of ether oxygens (including phenoxy) is 1. The lowest BCUT2D eigenvalue weighted by Crippen LogP contribution is -2.37. The summed E-state index contributed by atoms with van der Waals surface area (Å²) in [5.41, 5.74) is 0.157. The number of nitrogens with zero attached hydrogens (tertiary/aromatic N) is 3. The fourth-order valence-corrected chi connectivity index (χ4v) is 3.59. The van der Waals surface area contributed by atoms with Crippen molar-refractivity contribution in [1.82, 2.24) is 15.3 Å². The number of amides is 1. The zero-order chi connectivity index (χ0) is 20.1. The Morgan fingerprint density at radius 1 is 1.21 bits per heavy atom. The van der Waals surface area contributed by atoms with E-state index in [0.717, 1.165) is 6.07 Å². The molecule has 1 aliphatic rings. The maximum Gasteiger partial charge on any atom is 0.341 e. The number of sulfone groups is 1. The lowest BCUT2D eigenvalue weighted by Gasteiger charge is -2.26. The summed E-state index contributed by atoms with van der Waals surface area (Å²) in [4.78, 5) is 22.2. The van der Waals surface area contributed by atoms with E-state index in [1.54, 1.807) is 12.3 Å². The summed E-state index contributed by atoms with van der Waals surface area (Å²) >= 11 is 0. The first-order valence-corrected chi connectivity index (χ1v) is 9.98. The highest BCUT2D eigenvalue weighted by Crippen LogP contribution is 2.22. The standard InChI is InChI=1S/C17H18F2N4O4S/c18-16(19)28(25,26)14-4-2-1-3-13(14)15(24)21-11-12-5-6-20-17(22-12)23-7-9-27-10-8-23/h1-6,16H,7-11H2,(H,21,24). The summed E-state index contributed by atoms with van der Waals surface area (Å²) in [7, 11) is -4.90. The molecule has 8 nitrogen and oxygen atoms in total. The third kappa shape index (κ3) is 4.42. The van der Waals surface area contributed by atoms with Crippen LogP contribution in [0.15, 0.2) is 41.4 Å². The molecular weight excluding hydrogens is 394 g/mol. The van der Waals surface area contributed by atoms with Crippen LogP contribution in [0.1, 0.15) is 16.1 Å². The van der Waals surface area contributed by atoms with Crippen LogP contribution >= 0.6 is 0 Å². The Kier molecular flexibility index (Phi) is 6.15. The molecule has 0 atom stereocenters. The molecule has 2 aromatic rings. The molecule has 1 aliphatic heterocycles. The van der Waals surface area contributed by atoms with E-state index < -0.39 is 26.4 Å². The second-order valence-corrected chi connectivity index (χ2v) is 7.82. The topological polar surface area (TPSA) is 101 Å². The molecule has 1 fully saturated rings. The predicted octanol–water partition coefficient (Wildman–Crippen LogP) is 1.24. The minimum Gasteiger partial charge on any atom is -0.378 e. The van der Waals surface area contributed by atoms with E-state index in [0.29, 0.717) is 37.9 Å². The maximum absolute atomic E-state index is 12.9. The summed E-state index contributed by atoms with van der Waals surface area (Å²) < 4.78 is 54.6. The van der Waals surface area contributed by atoms with Gasteiger partial charge in [-0.15, -0.1) is 0 Å². The van der Waals surface area contributed by atoms with Crippen molar-refractivity contribution in [3.8, 4) is 0 Å². The fraction of sp³-hybridized carbons (Fsp3) is 0.353. The van der Waals surface area contributed by atoms with Crippen molar-refractivity contribution in [2.75, 3.05) is 31.2 Å². The summed E-state index contributed by atoms with van der Waals surface area (Å²) in [6.07, 6.45) is 1.55. The highest BCUT2D eigenvalue weighted by atomic mass is 32.2. The van der Waals surface area contributed by atoms with E-state index in [1.807, 2.05) is 4.90 Å².